The van der Waals surface area contributed by atoms with E-state index in [2.05, 4.69) is 20.5 Å². The van der Waals surface area contributed by atoms with Gasteiger partial charge in [-0.3, -0.25) is 25.0 Å². The van der Waals surface area contributed by atoms with E-state index in [1.54, 1.807) is 0 Å². The summed E-state index contributed by atoms with van der Waals surface area (Å²) in [6.07, 6.45) is 1.95. The summed E-state index contributed by atoms with van der Waals surface area (Å²) in [5.41, 5.74) is 4.72. The van der Waals surface area contributed by atoms with Crippen LogP contribution in [0.2, 0.25) is 0 Å². The maximum Gasteiger partial charge on any atom is 0.418 e. The maximum atomic E-state index is 12.4. The van der Waals surface area contributed by atoms with Gasteiger partial charge in [-0.1, -0.05) is 0 Å². The number of rotatable bonds is 4. The Morgan fingerprint density at radius 3 is 2.42 bits per heavy atom. The molecule has 0 unspecified atom stereocenters. The first kappa shape index (κ1) is 18.8. The Balaban J connectivity index is 1.56. The van der Waals surface area contributed by atoms with Gasteiger partial charge in [0.15, 0.2) is 0 Å². The van der Waals surface area contributed by atoms with Gasteiger partial charge < -0.3 is 10.2 Å². The standard InChI is InChI=1S/C13H21N5O7S/c19-11(8-3-5-14-6-4-8)15-16-12(20)10-2-1-9-7-17(10)13(21)18(9)25-26(22,23)24/h8-10,14H,1-7H2,(H,15,19)(H,16,20)(H,22,23,24)/t9-,10-/m0/s1. The summed E-state index contributed by atoms with van der Waals surface area (Å²) in [5.74, 6) is -1.02. The molecule has 4 amide bonds. The zero-order valence-electron chi connectivity index (χ0n) is 13.9. The molecule has 2 bridgehead atoms. The van der Waals surface area contributed by atoms with Gasteiger partial charge in [-0.2, -0.15) is 13.5 Å². The number of carbonyl (C=O) groups is 3. The molecule has 4 N–H and O–H groups in total. The molecule has 2 atom stereocenters. The molecule has 3 saturated heterocycles. The molecule has 0 spiro atoms. The van der Waals surface area contributed by atoms with Crippen LogP contribution in [0.25, 0.3) is 0 Å². The first-order chi connectivity index (χ1) is 12.3. The first-order valence-electron chi connectivity index (χ1n) is 8.33. The monoisotopic (exact) mass is 391 g/mol. The Morgan fingerprint density at radius 2 is 1.77 bits per heavy atom. The lowest BCUT2D eigenvalue weighted by Gasteiger charge is -2.29. The van der Waals surface area contributed by atoms with E-state index in [1.807, 2.05) is 0 Å². The maximum absolute atomic E-state index is 12.4. The van der Waals surface area contributed by atoms with Crippen molar-refractivity contribution in [2.24, 2.45) is 5.92 Å². The van der Waals surface area contributed by atoms with Crippen molar-refractivity contribution in [2.45, 2.75) is 37.8 Å². The Labute approximate surface area is 150 Å². The van der Waals surface area contributed by atoms with Gasteiger partial charge in [0, 0.05) is 12.5 Å². The van der Waals surface area contributed by atoms with E-state index in [9.17, 15) is 22.8 Å². The van der Waals surface area contributed by atoms with E-state index in [0.29, 0.717) is 24.3 Å². The second-order valence-electron chi connectivity index (χ2n) is 6.51. The molecule has 3 heterocycles. The van der Waals surface area contributed by atoms with Gasteiger partial charge in [-0.15, -0.1) is 4.28 Å². The van der Waals surface area contributed by atoms with Crippen molar-refractivity contribution in [1.29, 1.82) is 0 Å². The largest absolute Gasteiger partial charge is 0.418 e. The lowest BCUT2D eigenvalue weighted by Crippen LogP contribution is -2.55. The molecule has 13 heteroatoms. The van der Waals surface area contributed by atoms with Crippen molar-refractivity contribution < 1.29 is 31.6 Å². The predicted octanol–water partition coefficient (Wildman–Crippen LogP) is -1.86. The Morgan fingerprint density at radius 1 is 1.12 bits per heavy atom. The highest BCUT2D eigenvalue weighted by Crippen LogP contribution is 2.30. The smallest absolute Gasteiger partial charge is 0.317 e. The number of hydrogen-bond acceptors (Lipinski definition) is 7. The third-order valence-electron chi connectivity index (χ3n) is 4.82. The number of urea groups is 1. The fourth-order valence-corrected chi connectivity index (χ4v) is 3.89. The SMILES string of the molecule is O=C(NNC(=O)[C@@H]1CC[C@H]2CN1C(=O)N2OS(=O)(=O)O)C1CCNCC1. The van der Waals surface area contributed by atoms with Crippen molar-refractivity contribution >= 4 is 28.2 Å². The van der Waals surface area contributed by atoms with E-state index < -0.39 is 34.4 Å². The molecule has 3 aliphatic rings. The van der Waals surface area contributed by atoms with Gasteiger partial charge in [0.05, 0.1) is 6.04 Å². The van der Waals surface area contributed by atoms with Gasteiger partial charge in [0.1, 0.15) is 6.04 Å². The summed E-state index contributed by atoms with van der Waals surface area (Å²) >= 11 is 0. The molecular weight excluding hydrogens is 370 g/mol. The minimum absolute atomic E-state index is 0.0919. The summed E-state index contributed by atoms with van der Waals surface area (Å²) in [6, 6.07) is -2.25. The molecule has 12 nitrogen and oxygen atoms in total. The highest BCUT2D eigenvalue weighted by atomic mass is 32.3. The van der Waals surface area contributed by atoms with Crippen LogP contribution in [0, 0.1) is 5.92 Å². The van der Waals surface area contributed by atoms with Gasteiger partial charge in [-0.05, 0) is 38.8 Å². The van der Waals surface area contributed by atoms with Crippen LogP contribution >= 0.6 is 0 Å². The van der Waals surface area contributed by atoms with Crippen LogP contribution in [0.4, 0.5) is 4.79 Å². The van der Waals surface area contributed by atoms with Gasteiger partial charge in [0.2, 0.25) is 5.91 Å². The van der Waals surface area contributed by atoms with E-state index in [-0.39, 0.29) is 24.8 Å². The number of nitrogens with zero attached hydrogens (tertiary/aromatic N) is 2. The summed E-state index contributed by atoms with van der Waals surface area (Å²) < 4.78 is 34.8. The average molecular weight is 391 g/mol. The molecule has 0 radical (unpaired) electrons. The Bertz CT molecular complexity index is 693. The van der Waals surface area contributed by atoms with Crippen molar-refractivity contribution in [1.82, 2.24) is 26.1 Å². The van der Waals surface area contributed by atoms with E-state index in [0.717, 1.165) is 18.0 Å². The number of hydroxylamine groups is 2. The second kappa shape index (κ2) is 7.34. The van der Waals surface area contributed by atoms with Crippen molar-refractivity contribution in [3.63, 3.8) is 0 Å². The second-order valence-corrected chi connectivity index (χ2v) is 7.52. The van der Waals surface area contributed by atoms with Crippen molar-refractivity contribution in [3.05, 3.63) is 0 Å². The summed E-state index contributed by atoms with van der Waals surface area (Å²) in [7, 11) is -4.84. The van der Waals surface area contributed by atoms with Gasteiger partial charge in [-0.25, -0.2) is 4.79 Å². The normalized spacial score (nSPS) is 26.7. The topological polar surface area (TPSA) is 157 Å². The number of carbonyl (C=O) groups excluding carboxylic acids is 3. The lowest BCUT2D eigenvalue weighted by atomic mass is 9.97. The first-order valence-corrected chi connectivity index (χ1v) is 9.70. The van der Waals surface area contributed by atoms with Crippen molar-refractivity contribution in [3.8, 4) is 0 Å². The third-order valence-corrected chi connectivity index (χ3v) is 5.17. The molecule has 0 aromatic heterocycles. The molecule has 0 saturated carbocycles. The Hall–Kier alpha value is -1.96. The number of hydrogen-bond donors (Lipinski definition) is 4. The summed E-state index contributed by atoms with van der Waals surface area (Å²) in [4.78, 5) is 37.8. The third kappa shape index (κ3) is 4.06. The molecule has 3 aliphatic heterocycles. The summed E-state index contributed by atoms with van der Waals surface area (Å²) in [5, 5.41) is 3.71. The van der Waals surface area contributed by atoms with Crippen LogP contribution in [0.1, 0.15) is 25.7 Å². The molecule has 26 heavy (non-hydrogen) atoms. The average Bonchev–Trinajstić information content (AvgIpc) is 2.84. The van der Waals surface area contributed by atoms with Gasteiger partial charge in [0.25, 0.3) is 5.91 Å². The number of piperidine rings is 2. The number of nitrogens with one attached hydrogen (secondary N) is 3. The number of amides is 4. The van der Waals surface area contributed by atoms with Crippen LogP contribution in [-0.4, -0.2) is 72.5 Å². The Kier molecular flexibility index (Phi) is 5.32. The van der Waals surface area contributed by atoms with Crippen LogP contribution in [-0.2, 0) is 24.3 Å². The highest BCUT2D eigenvalue weighted by Gasteiger charge is 2.49. The minimum atomic E-state index is -4.84. The molecule has 3 rings (SSSR count). The minimum Gasteiger partial charge on any atom is -0.317 e. The summed E-state index contributed by atoms with van der Waals surface area (Å²) in [6.45, 7) is 1.57. The quantitative estimate of drug-likeness (QED) is 0.321. The number of fused-ring (bicyclic) bond motifs is 2. The van der Waals surface area contributed by atoms with E-state index in [1.165, 1.54) is 0 Å². The number of hydrazine groups is 1. The fourth-order valence-electron chi connectivity index (χ4n) is 3.50. The molecule has 3 fully saturated rings. The van der Waals surface area contributed by atoms with Crippen LogP contribution in [0.5, 0.6) is 0 Å². The van der Waals surface area contributed by atoms with E-state index >= 15 is 0 Å². The van der Waals surface area contributed by atoms with Crippen LogP contribution < -0.4 is 16.2 Å². The zero-order chi connectivity index (χ0) is 18.9. The van der Waals surface area contributed by atoms with Crippen LogP contribution in [0.15, 0.2) is 0 Å². The molecular formula is C13H21N5O7S. The van der Waals surface area contributed by atoms with Crippen molar-refractivity contribution in [2.75, 3.05) is 19.6 Å². The lowest BCUT2D eigenvalue weighted by molar-refractivity contribution is -0.134. The fraction of sp³-hybridized carbons (Fsp3) is 0.769. The predicted molar refractivity (Wildman–Crippen MR) is 85.3 cm³/mol. The highest BCUT2D eigenvalue weighted by molar-refractivity contribution is 7.80. The van der Waals surface area contributed by atoms with Gasteiger partial charge >= 0.3 is 16.4 Å². The molecule has 0 aromatic carbocycles. The van der Waals surface area contributed by atoms with E-state index in [4.69, 9.17) is 4.55 Å². The molecule has 146 valence electrons. The molecule has 0 aliphatic carbocycles. The molecule has 0 aromatic rings. The zero-order valence-corrected chi connectivity index (χ0v) is 14.7. The van der Waals surface area contributed by atoms with Crippen LogP contribution in [0.3, 0.4) is 0 Å².